The molecule has 0 aliphatic heterocycles. The second-order valence-electron chi connectivity index (χ2n) is 6.32. The van der Waals surface area contributed by atoms with Crippen LogP contribution in [0.2, 0.25) is 0 Å². The van der Waals surface area contributed by atoms with Crippen molar-refractivity contribution in [2.24, 2.45) is 0 Å². The van der Waals surface area contributed by atoms with Gasteiger partial charge in [0.2, 0.25) is 0 Å². The van der Waals surface area contributed by atoms with Gasteiger partial charge in [0.05, 0.1) is 11.3 Å². The number of ether oxygens (including phenoxy) is 1. The molecule has 0 aromatic carbocycles. The first kappa shape index (κ1) is 16.5. The molecule has 1 N–H and O–H groups in total. The van der Waals surface area contributed by atoms with Gasteiger partial charge >= 0.3 is 0 Å². The van der Waals surface area contributed by atoms with E-state index in [1.165, 1.54) is 31.4 Å². The molecule has 4 nitrogen and oxygen atoms in total. The van der Waals surface area contributed by atoms with Crippen LogP contribution in [0.15, 0.2) is 6.07 Å². The van der Waals surface area contributed by atoms with Crippen molar-refractivity contribution in [2.75, 3.05) is 14.2 Å². The summed E-state index contributed by atoms with van der Waals surface area (Å²) in [7, 11) is 3.95. The lowest BCUT2D eigenvalue weighted by Gasteiger charge is -2.39. The Hall–Kier alpha value is -0.870. The topological polar surface area (TPSA) is 39.1 Å². The Morgan fingerprint density at radius 2 is 2.00 bits per heavy atom. The molecular formula is C17H31N3O. The standard InChI is InChI=1S/C17H31N3O/c1-5-20-15(12-14(2)19-20)13-16(18-3)17(21-4)10-8-6-7-9-11-17/h12,16,18H,5-11,13H2,1-4H3. The first-order chi connectivity index (χ1) is 10.1. The fraction of sp³-hybridized carbons (Fsp3) is 0.824. The molecule has 1 heterocycles. The number of nitrogens with one attached hydrogen (secondary N) is 1. The van der Waals surface area contributed by atoms with Gasteiger partial charge in [-0.05, 0) is 39.8 Å². The van der Waals surface area contributed by atoms with Crippen LogP contribution in [-0.4, -0.2) is 35.6 Å². The molecule has 1 aliphatic carbocycles. The highest BCUT2D eigenvalue weighted by Crippen LogP contribution is 2.34. The minimum Gasteiger partial charge on any atom is -0.377 e. The van der Waals surface area contributed by atoms with Gasteiger partial charge < -0.3 is 10.1 Å². The van der Waals surface area contributed by atoms with E-state index in [2.05, 4.69) is 42.1 Å². The van der Waals surface area contributed by atoms with Crippen molar-refractivity contribution < 1.29 is 4.74 Å². The van der Waals surface area contributed by atoms with Gasteiger partial charge in [0.15, 0.2) is 0 Å². The van der Waals surface area contributed by atoms with Crippen LogP contribution in [0, 0.1) is 6.92 Å². The van der Waals surface area contributed by atoms with E-state index in [-0.39, 0.29) is 5.60 Å². The Morgan fingerprint density at radius 1 is 1.33 bits per heavy atom. The molecule has 0 saturated heterocycles. The normalized spacial score (nSPS) is 20.2. The maximum absolute atomic E-state index is 6.07. The van der Waals surface area contributed by atoms with Crippen LogP contribution in [0.4, 0.5) is 0 Å². The third kappa shape index (κ3) is 3.67. The lowest BCUT2D eigenvalue weighted by molar-refractivity contribution is -0.0513. The van der Waals surface area contributed by atoms with E-state index in [1.807, 2.05) is 7.11 Å². The predicted octanol–water partition coefficient (Wildman–Crippen LogP) is 3.08. The molecular weight excluding hydrogens is 262 g/mol. The van der Waals surface area contributed by atoms with Crippen LogP contribution in [0.25, 0.3) is 0 Å². The minimum absolute atomic E-state index is 0.0258. The third-order valence-electron chi connectivity index (χ3n) is 5.04. The maximum atomic E-state index is 6.07. The van der Waals surface area contributed by atoms with Crippen LogP contribution in [-0.2, 0) is 17.7 Å². The molecule has 2 rings (SSSR count). The van der Waals surface area contributed by atoms with E-state index < -0.39 is 0 Å². The highest BCUT2D eigenvalue weighted by molar-refractivity contribution is 5.12. The van der Waals surface area contributed by atoms with Gasteiger partial charge in [-0.2, -0.15) is 5.10 Å². The summed E-state index contributed by atoms with van der Waals surface area (Å²) in [5, 5.41) is 8.11. The molecule has 0 radical (unpaired) electrons. The van der Waals surface area contributed by atoms with E-state index in [1.54, 1.807) is 0 Å². The van der Waals surface area contributed by atoms with Crippen molar-refractivity contribution in [1.29, 1.82) is 0 Å². The number of hydrogen-bond acceptors (Lipinski definition) is 3. The average molecular weight is 293 g/mol. The monoisotopic (exact) mass is 293 g/mol. The van der Waals surface area contributed by atoms with Gasteiger partial charge in [0.1, 0.15) is 0 Å². The molecule has 1 aliphatic rings. The molecule has 120 valence electrons. The molecule has 0 amide bonds. The summed E-state index contributed by atoms with van der Waals surface area (Å²) in [5.41, 5.74) is 2.39. The van der Waals surface area contributed by atoms with Crippen LogP contribution >= 0.6 is 0 Å². The first-order valence-corrected chi connectivity index (χ1v) is 8.41. The highest BCUT2D eigenvalue weighted by atomic mass is 16.5. The number of aryl methyl sites for hydroxylation is 2. The Kier molecular flexibility index (Phi) is 5.82. The molecule has 1 fully saturated rings. The molecule has 1 saturated carbocycles. The zero-order chi connectivity index (χ0) is 15.3. The Labute approximate surface area is 129 Å². The Balaban J connectivity index is 2.20. The summed E-state index contributed by atoms with van der Waals surface area (Å²) < 4.78 is 8.20. The predicted molar refractivity (Wildman–Crippen MR) is 86.6 cm³/mol. The molecule has 0 spiro atoms. The van der Waals surface area contributed by atoms with Crippen molar-refractivity contribution in [3.63, 3.8) is 0 Å². The largest absolute Gasteiger partial charge is 0.377 e. The molecule has 1 aromatic heterocycles. The lowest BCUT2D eigenvalue weighted by atomic mass is 9.83. The fourth-order valence-corrected chi connectivity index (χ4v) is 3.82. The molecule has 4 heteroatoms. The Morgan fingerprint density at radius 3 is 2.52 bits per heavy atom. The molecule has 1 unspecified atom stereocenters. The summed E-state index contributed by atoms with van der Waals surface area (Å²) in [6, 6.07) is 2.57. The van der Waals surface area contributed by atoms with Crippen molar-refractivity contribution >= 4 is 0 Å². The minimum atomic E-state index is -0.0258. The second kappa shape index (κ2) is 7.41. The van der Waals surface area contributed by atoms with Gasteiger partial charge in [0.25, 0.3) is 0 Å². The SMILES string of the molecule is CCn1nc(C)cc1CC(NC)C1(OC)CCCCCC1. The Bertz CT molecular complexity index is 433. The highest BCUT2D eigenvalue weighted by Gasteiger charge is 2.38. The maximum Gasteiger partial charge on any atom is 0.0834 e. The zero-order valence-corrected chi connectivity index (χ0v) is 14.1. The second-order valence-corrected chi connectivity index (χ2v) is 6.32. The van der Waals surface area contributed by atoms with E-state index in [9.17, 15) is 0 Å². The van der Waals surface area contributed by atoms with Gasteiger partial charge in [-0.1, -0.05) is 25.7 Å². The number of hydrogen-bond donors (Lipinski definition) is 1. The van der Waals surface area contributed by atoms with Crippen molar-refractivity contribution in [3.8, 4) is 0 Å². The van der Waals surface area contributed by atoms with Crippen molar-refractivity contribution in [1.82, 2.24) is 15.1 Å². The first-order valence-electron chi connectivity index (χ1n) is 8.41. The molecule has 21 heavy (non-hydrogen) atoms. The van der Waals surface area contributed by atoms with Crippen LogP contribution in [0.3, 0.4) is 0 Å². The van der Waals surface area contributed by atoms with E-state index in [0.717, 1.165) is 31.5 Å². The summed E-state index contributed by atoms with van der Waals surface area (Å²) in [5.74, 6) is 0. The zero-order valence-electron chi connectivity index (χ0n) is 14.1. The summed E-state index contributed by atoms with van der Waals surface area (Å²) in [6.07, 6.45) is 8.54. The third-order valence-corrected chi connectivity index (χ3v) is 5.04. The number of methoxy groups -OCH3 is 1. The fourth-order valence-electron chi connectivity index (χ4n) is 3.82. The van der Waals surface area contributed by atoms with Crippen LogP contribution < -0.4 is 5.32 Å². The smallest absolute Gasteiger partial charge is 0.0834 e. The number of likely N-dealkylation sites (N-methyl/N-ethyl adjacent to an activating group) is 1. The molecule has 1 atom stereocenters. The van der Waals surface area contributed by atoms with E-state index in [4.69, 9.17) is 4.74 Å². The van der Waals surface area contributed by atoms with Gasteiger partial charge in [-0.3, -0.25) is 4.68 Å². The lowest BCUT2D eigenvalue weighted by Crippen LogP contribution is -2.52. The van der Waals surface area contributed by atoms with E-state index in [0.29, 0.717) is 6.04 Å². The number of aromatic nitrogens is 2. The van der Waals surface area contributed by atoms with Crippen molar-refractivity contribution in [3.05, 3.63) is 17.5 Å². The summed E-state index contributed by atoms with van der Waals surface area (Å²) in [4.78, 5) is 0. The average Bonchev–Trinajstić information content (AvgIpc) is 2.71. The number of nitrogens with zero attached hydrogens (tertiary/aromatic N) is 2. The molecule has 0 bridgehead atoms. The quantitative estimate of drug-likeness (QED) is 0.819. The van der Waals surface area contributed by atoms with Gasteiger partial charge in [-0.25, -0.2) is 0 Å². The van der Waals surface area contributed by atoms with Crippen molar-refractivity contribution in [2.45, 2.75) is 77.0 Å². The molecule has 1 aromatic rings. The van der Waals surface area contributed by atoms with Crippen LogP contribution in [0.5, 0.6) is 0 Å². The summed E-state index contributed by atoms with van der Waals surface area (Å²) >= 11 is 0. The van der Waals surface area contributed by atoms with E-state index >= 15 is 0 Å². The van der Waals surface area contributed by atoms with Gasteiger partial charge in [0, 0.05) is 31.8 Å². The number of rotatable bonds is 6. The van der Waals surface area contributed by atoms with Crippen LogP contribution in [0.1, 0.15) is 56.8 Å². The summed E-state index contributed by atoms with van der Waals surface area (Å²) in [6.45, 7) is 5.16. The van der Waals surface area contributed by atoms with Gasteiger partial charge in [-0.15, -0.1) is 0 Å².